The number of hydrogen-bond acceptors (Lipinski definition) is 6. The zero-order valence-corrected chi connectivity index (χ0v) is 18.6. The first-order chi connectivity index (χ1) is 16.2. The van der Waals surface area contributed by atoms with E-state index in [2.05, 4.69) is 31.6 Å². The van der Waals surface area contributed by atoms with Crippen molar-refractivity contribution in [1.82, 2.24) is 29.7 Å². The third kappa shape index (κ3) is 3.93. The van der Waals surface area contributed by atoms with E-state index in [1.54, 1.807) is 29.2 Å². The van der Waals surface area contributed by atoms with Crippen molar-refractivity contribution in [1.29, 1.82) is 0 Å². The van der Waals surface area contributed by atoms with Gasteiger partial charge in [0.2, 0.25) is 0 Å². The Hall–Kier alpha value is -3.46. The SMILES string of the molecule is CNC1CCC(n2cc3cc(C(=O)Nc4cnn5cccnc45)c(OC4CC4)cc3n2)CC1. The van der Waals surface area contributed by atoms with E-state index in [1.807, 2.05) is 19.2 Å². The molecule has 9 nitrogen and oxygen atoms in total. The number of hydrogen-bond donors (Lipinski definition) is 2. The summed E-state index contributed by atoms with van der Waals surface area (Å²) in [5, 5.41) is 16.4. The van der Waals surface area contributed by atoms with Crippen molar-refractivity contribution < 1.29 is 9.53 Å². The number of carbonyl (C=O) groups excluding carboxylic acids is 1. The Morgan fingerprint density at radius 2 is 2.00 bits per heavy atom. The zero-order chi connectivity index (χ0) is 22.4. The van der Waals surface area contributed by atoms with E-state index in [4.69, 9.17) is 9.84 Å². The molecule has 2 aliphatic rings. The summed E-state index contributed by atoms with van der Waals surface area (Å²) >= 11 is 0. The first-order valence-electron chi connectivity index (χ1n) is 11.6. The maximum Gasteiger partial charge on any atom is 0.259 e. The van der Waals surface area contributed by atoms with Crippen molar-refractivity contribution in [2.45, 2.75) is 56.7 Å². The quantitative estimate of drug-likeness (QED) is 0.471. The van der Waals surface area contributed by atoms with Gasteiger partial charge in [-0.2, -0.15) is 10.2 Å². The summed E-state index contributed by atoms with van der Waals surface area (Å²) in [5.74, 6) is 0.339. The normalized spacial score (nSPS) is 20.9. The molecule has 0 unspecified atom stereocenters. The lowest BCUT2D eigenvalue weighted by atomic mass is 9.91. The summed E-state index contributed by atoms with van der Waals surface area (Å²) in [6.45, 7) is 0. The monoisotopic (exact) mass is 445 g/mol. The number of benzene rings is 1. The molecule has 3 heterocycles. The summed E-state index contributed by atoms with van der Waals surface area (Å²) in [6.07, 6.45) is 13.8. The minimum absolute atomic E-state index is 0.173. The van der Waals surface area contributed by atoms with Gasteiger partial charge in [-0.05, 0) is 57.7 Å². The molecular weight excluding hydrogens is 418 g/mol. The van der Waals surface area contributed by atoms with Crippen LogP contribution in [0.15, 0.2) is 43.0 Å². The third-order valence-corrected chi connectivity index (χ3v) is 6.69. The van der Waals surface area contributed by atoms with Crippen LogP contribution in [0.4, 0.5) is 5.69 Å². The molecule has 0 radical (unpaired) electrons. The Balaban J connectivity index is 1.31. The van der Waals surface area contributed by atoms with Crippen molar-refractivity contribution in [3.8, 4) is 5.75 Å². The molecule has 3 aromatic heterocycles. The van der Waals surface area contributed by atoms with Crippen LogP contribution in [-0.2, 0) is 0 Å². The van der Waals surface area contributed by atoms with Crippen LogP contribution >= 0.6 is 0 Å². The fraction of sp³-hybridized carbons (Fsp3) is 0.417. The third-order valence-electron chi connectivity index (χ3n) is 6.69. The van der Waals surface area contributed by atoms with E-state index in [0.29, 0.717) is 34.7 Å². The van der Waals surface area contributed by atoms with Crippen LogP contribution in [0.3, 0.4) is 0 Å². The molecule has 1 amide bonds. The molecule has 2 fully saturated rings. The average molecular weight is 446 g/mol. The molecule has 9 heteroatoms. The van der Waals surface area contributed by atoms with Gasteiger partial charge in [-0.15, -0.1) is 0 Å². The highest BCUT2D eigenvalue weighted by molar-refractivity contribution is 6.09. The van der Waals surface area contributed by atoms with Crippen LogP contribution in [0.1, 0.15) is 54.9 Å². The predicted octanol–water partition coefficient (Wildman–Crippen LogP) is 3.58. The van der Waals surface area contributed by atoms with E-state index in [-0.39, 0.29) is 12.0 Å². The molecule has 0 saturated heterocycles. The van der Waals surface area contributed by atoms with Gasteiger partial charge in [0.15, 0.2) is 5.65 Å². The van der Waals surface area contributed by atoms with Crippen LogP contribution in [0, 0.1) is 0 Å². The number of ether oxygens (including phenoxy) is 1. The maximum absolute atomic E-state index is 13.3. The van der Waals surface area contributed by atoms with Crippen molar-refractivity contribution in [2.24, 2.45) is 0 Å². The van der Waals surface area contributed by atoms with Crippen molar-refractivity contribution >= 4 is 28.1 Å². The molecular formula is C24H27N7O2. The Morgan fingerprint density at radius 3 is 2.79 bits per heavy atom. The van der Waals surface area contributed by atoms with Gasteiger partial charge in [0, 0.05) is 36.1 Å². The number of rotatable bonds is 6. The van der Waals surface area contributed by atoms with Gasteiger partial charge in [0.25, 0.3) is 5.91 Å². The minimum atomic E-state index is -0.240. The van der Waals surface area contributed by atoms with E-state index < -0.39 is 0 Å². The predicted molar refractivity (Wildman–Crippen MR) is 125 cm³/mol. The fourth-order valence-corrected chi connectivity index (χ4v) is 4.63. The highest BCUT2D eigenvalue weighted by Gasteiger charge is 2.28. The molecule has 0 bridgehead atoms. The second kappa shape index (κ2) is 8.15. The second-order valence-electron chi connectivity index (χ2n) is 9.03. The average Bonchev–Trinajstić information content (AvgIpc) is 3.42. The molecule has 2 saturated carbocycles. The number of fused-ring (bicyclic) bond motifs is 2. The highest BCUT2D eigenvalue weighted by atomic mass is 16.5. The number of nitrogens with one attached hydrogen (secondary N) is 2. The summed E-state index contributed by atoms with van der Waals surface area (Å²) in [7, 11) is 2.03. The molecule has 2 aliphatic carbocycles. The lowest BCUT2D eigenvalue weighted by Gasteiger charge is -2.28. The van der Waals surface area contributed by atoms with Crippen molar-refractivity contribution in [3.63, 3.8) is 0 Å². The van der Waals surface area contributed by atoms with Crippen molar-refractivity contribution in [2.75, 3.05) is 12.4 Å². The number of aromatic nitrogens is 5. The fourth-order valence-electron chi connectivity index (χ4n) is 4.63. The molecule has 170 valence electrons. The summed E-state index contributed by atoms with van der Waals surface area (Å²) < 4.78 is 9.83. The number of nitrogens with zero attached hydrogens (tertiary/aromatic N) is 5. The van der Waals surface area contributed by atoms with E-state index in [9.17, 15) is 4.79 Å². The lowest BCUT2D eigenvalue weighted by Crippen LogP contribution is -2.31. The van der Waals surface area contributed by atoms with Gasteiger partial charge in [-0.25, -0.2) is 9.50 Å². The summed E-state index contributed by atoms with van der Waals surface area (Å²) in [6, 6.07) is 6.58. The number of anilines is 1. The Morgan fingerprint density at radius 1 is 1.15 bits per heavy atom. The van der Waals surface area contributed by atoms with Crippen LogP contribution in [-0.4, -0.2) is 49.5 Å². The molecule has 0 spiro atoms. The standard InChI is InChI=1S/C24H27N7O2/c1-25-16-3-5-17(6-4-16)31-14-15-11-19(22(12-20(15)29-31)33-18-7-8-18)24(32)28-21-13-27-30-10-2-9-26-23(21)30/h2,9-14,16-18,25H,3-8H2,1H3,(H,28,32). The molecule has 33 heavy (non-hydrogen) atoms. The molecule has 1 aromatic carbocycles. The summed E-state index contributed by atoms with van der Waals surface area (Å²) in [4.78, 5) is 17.6. The topological polar surface area (TPSA) is 98.4 Å². The molecule has 2 N–H and O–H groups in total. The molecule has 0 aliphatic heterocycles. The van der Waals surface area contributed by atoms with Gasteiger partial charge in [0.05, 0.1) is 29.4 Å². The maximum atomic E-state index is 13.3. The zero-order valence-electron chi connectivity index (χ0n) is 18.6. The van der Waals surface area contributed by atoms with Gasteiger partial charge in [-0.1, -0.05) is 0 Å². The molecule has 4 aromatic rings. The van der Waals surface area contributed by atoms with Gasteiger partial charge in [-0.3, -0.25) is 9.48 Å². The van der Waals surface area contributed by atoms with Crippen LogP contribution in [0.5, 0.6) is 5.75 Å². The van der Waals surface area contributed by atoms with Gasteiger partial charge < -0.3 is 15.4 Å². The summed E-state index contributed by atoms with van der Waals surface area (Å²) in [5.41, 5.74) is 2.52. The first-order valence-corrected chi connectivity index (χ1v) is 11.6. The Kier molecular flexibility index (Phi) is 4.98. The van der Waals surface area contributed by atoms with E-state index >= 15 is 0 Å². The molecule has 6 rings (SSSR count). The lowest BCUT2D eigenvalue weighted by molar-refractivity contribution is 0.102. The van der Waals surface area contributed by atoms with Crippen LogP contribution in [0.25, 0.3) is 16.6 Å². The number of carbonyl (C=O) groups is 1. The second-order valence-corrected chi connectivity index (χ2v) is 9.03. The number of amides is 1. The van der Waals surface area contributed by atoms with E-state index in [1.165, 1.54) is 0 Å². The van der Waals surface area contributed by atoms with Gasteiger partial charge in [0.1, 0.15) is 11.4 Å². The first kappa shape index (κ1) is 20.2. The highest BCUT2D eigenvalue weighted by Crippen LogP contribution is 2.34. The van der Waals surface area contributed by atoms with Crippen LogP contribution < -0.4 is 15.4 Å². The van der Waals surface area contributed by atoms with Crippen LogP contribution in [0.2, 0.25) is 0 Å². The molecule has 0 atom stereocenters. The van der Waals surface area contributed by atoms with E-state index in [0.717, 1.165) is 49.4 Å². The van der Waals surface area contributed by atoms with Crippen molar-refractivity contribution in [3.05, 3.63) is 48.5 Å². The largest absolute Gasteiger partial charge is 0.490 e. The Labute approximate surface area is 191 Å². The van der Waals surface area contributed by atoms with Gasteiger partial charge >= 0.3 is 0 Å². The smallest absolute Gasteiger partial charge is 0.259 e. The Bertz CT molecular complexity index is 1320. The minimum Gasteiger partial charge on any atom is -0.490 e.